The Kier molecular flexibility index (Phi) is 2.32. The van der Waals surface area contributed by atoms with Crippen LogP contribution in [0.3, 0.4) is 0 Å². The quantitative estimate of drug-likeness (QED) is 0.352. The second-order valence-corrected chi connectivity index (χ2v) is 2.51. The average molecular weight is 167 g/mol. The molecule has 64 valence electrons. The van der Waals surface area contributed by atoms with Crippen molar-refractivity contribution in [1.82, 2.24) is 0 Å². The largest absolute Gasteiger partial charge is 0.294 e. The zero-order chi connectivity index (χ0) is 9.03. The number of nitro groups is 1. The molecule has 5 heteroatoms. The van der Waals surface area contributed by atoms with Crippen LogP contribution in [0.15, 0.2) is 22.6 Å². The second kappa shape index (κ2) is 3.25. The first-order valence-corrected chi connectivity index (χ1v) is 3.49. The van der Waals surface area contributed by atoms with Crippen molar-refractivity contribution in [3.8, 4) is 0 Å². The zero-order valence-electron chi connectivity index (χ0n) is 6.51. The van der Waals surface area contributed by atoms with Gasteiger partial charge < -0.3 is 0 Å². The smallest absolute Gasteiger partial charge is 0.266 e. The molecule has 0 saturated heterocycles. The lowest BCUT2D eigenvalue weighted by atomic mass is 9.99. The molecule has 0 aromatic heterocycles. The van der Waals surface area contributed by atoms with Gasteiger partial charge >= 0.3 is 0 Å². The van der Waals surface area contributed by atoms with Crippen LogP contribution < -0.4 is 0 Å². The lowest BCUT2D eigenvalue weighted by molar-refractivity contribution is -0.522. The predicted molar refractivity (Wildman–Crippen MR) is 46.4 cm³/mol. The summed E-state index contributed by atoms with van der Waals surface area (Å²) in [5, 5.41) is 10.6. The van der Waals surface area contributed by atoms with Crippen LogP contribution in [0, 0.1) is 10.1 Å². The highest BCUT2D eigenvalue weighted by molar-refractivity contribution is 5.93. The van der Waals surface area contributed by atoms with E-state index in [1.165, 1.54) is 18.5 Å². The highest BCUT2D eigenvalue weighted by atomic mass is 16.6. The van der Waals surface area contributed by atoms with E-state index in [2.05, 4.69) is 16.6 Å². The fourth-order valence-corrected chi connectivity index (χ4v) is 0.984. The van der Waals surface area contributed by atoms with Crippen LogP contribution in [0.2, 0.25) is 0 Å². The van der Waals surface area contributed by atoms with Gasteiger partial charge in [-0.05, 0) is 0 Å². The maximum atomic E-state index is 10.6. The normalized spacial score (nSPS) is 19.0. The monoisotopic (exact) mass is 167 g/mol. The van der Waals surface area contributed by atoms with Crippen molar-refractivity contribution in [1.29, 1.82) is 0 Å². The van der Waals surface area contributed by atoms with Crippen LogP contribution in [-0.4, -0.2) is 29.6 Å². The fraction of sp³-hybridized carbons (Fsp3) is 0.429. The van der Waals surface area contributed by atoms with E-state index < -0.39 is 10.5 Å². The third kappa shape index (κ3) is 1.39. The van der Waals surface area contributed by atoms with Crippen LogP contribution in [0.1, 0.15) is 6.42 Å². The molecule has 0 amide bonds. The summed E-state index contributed by atoms with van der Waals surface area (Å²) in [6.45, 7) is 3.74. The Morgan fingerprint density at radius 3 is 2.67 bits per heavy atom. The lowest BCUT2D eigenvalue weighted by Gasteiger charge is -2.16. The fourth-order valence-electron chi connectivity index (χ4n) is 0.984. The number of rotatable bonds is 3. The van der Waals surface area contributed by atoms with Gasteiger partial charge in [-0.3, -0.25) is 20.1 Å². The Hall–Kier alpha value is -1.52. The Bertz CT molecular complexity index is 245. The SMILES string of the molecule is C=CCC1([N+](=O)[O-])C=NCN=C1. The van der Waals surface area contributed by atoms with Gasteiger partial charge in [0.2, 0.25) is 0 Å². The first-order valence-electron chi connectivity index (χ1n) is 3.49. The molecule has 0 fully saturated rings. The summed E-state index contributed by atoms with van der Waals surface area (Å²) in [4.78, 5) is 17.8. The molecule has 0 saturated carbocycles. The maximum absolute atomic E-state index is 10.6. The minimum absolute atomic E-state index is 0.229. The van der Waals surface area contributed by atoms with E-state index in [0.29, 0.717) is 0 Å². The van der Waals surface area contributed by atoms with Gasteiger partial charge in [-0.15, -0.1) is 6.58 Å². The van der Waals surface area contributed by atoms with Crippen molar-refractivity contribution < 1.29 is 4.92 Å². The molecule has 0 aromatic rings. The molecule has 0 N–H and O–H groups in total. The molecular weight excluding hydrogens is 158 g/mol. The van der Waals surface area contributed by atoms with Crippen LogP contribution in [-0.2, 0) is 0 Å². The first-order chi connectivity index (χ1) is 5.71. The van der Waals surface area contributed by atoms with Gasteiger partial charge in [0.05, 0.1) is 12.4 Å². The van der Waals surface area contributed by atoms with Gasteiger partial charge in [0.25, 0.3) is 5.54 Å². The van der Waals surface area contributed by atoms with Crippen molar-refractivity contribution in [2.45, 2.75) is 12.0 Å². The summed E-state index contributed by atoms with van der Waals surface area (Å²) in [6, 6.07) is 0. The molecular formula is C7H9N3O2. The Morgan fingerprint density at radius 2 is 2.25 bits per heavy atom. The van der Waals surface area contributed by atoms with Crippen molar-refractivity contribution in [3.05, 3.63) is 22.8 Å². The number of hydrogen-bond acceptors (Lipinski definition) is 4. The molecule has 1 aliphatic heterocycles. The van der Waals surface area contributed by atoms with E-state index in [-0.39, 0.29) is 13.1 Å². The molecule has 5 nitrogen and oxygen atoms in total. The average Bonchev–Trinajstić information content (AvgIpc) is 2.06. The van der Waals surface area contributed by atoms with Crippen LogP contribution in [0.5, 0.6) is 0 Å². The Balaban J connectivity index is 2.92. The van der Waals surface area contributed by atoms with E-state index >= 15 is 0 Å². The van der Waals surface area contributed by atoms with Gasteiger partial charge in [-0.25, -0.2) is 0 Å². The number of hydrogen-bond donors (Lipinski definition) is 0. The molecule has 12 heavy (non-hydrogen) atoms. The van der Waals surface area contributed by atoms with E-state index in [1.54, 1.807) is 0 Å². The highest BCUT2D eigenvalue weighted by Gasteiger charge is 2.38. The third-order valence-electron chi connectivity index (χ3n) is 1.60. The summed E-state index contributed by atoms with van der Waals surface area (Å²) in [5.41, 5.74) is -1.25. The van der Waals surface area contributed by atoms with Crippen LogP contribution >= 0.6 is 0 Å². The molecule has 0 unspecified atom stereocenters. The predicted octanol–water partition coefficient (Wildman–Crippen LogP) is 0.691. The van der Waals surface area contributed by atoms with Crippen LogP contribution in [0.25, 0.3) is 0 Å². The van der Waals surface area contributed by atoms with Crippen molar-refractivity contribution in [2.75, 3.05) is 6.67 Å². The van der Waals surface area contributed by atoms with Gasteiger partial charge in [0.15, 0.2) is 0 Å². The van der Waals surface area contributed by atoms with E-state index in [4.69, 9.17) is 0 Å². The zero-order valence-corrected chi connectivity index (χ0v) is 6.51. The molecule has 0 spiro atoms. The molecule has 0 atom stereocenters. The molecule has 1 aliphatic rings. The summed E-state index contributed by atoms with van der Waals surface area (Å²) in [7, 11) is 0. The standard InChI is InChI=1S/C7H9N3O2/c1-2-3-7(10(11)12)4-8-6-9-5-7/h2,4-5H,1,3,6H2. The Morgan fingerprint density at radius 1 is 1.67 bits per heavy atom. The van der Waals surface area contributed by atoms with Crippen molar-refractivity contribution >= 4 is 12.4 Å². The summed E-state index contributed by atoms with van der Waals surface area (Å²) >= 11 is 0. The van der Waals surface area contributed by atoms with E-state index in [1.807, 2.05) is 0 Å². The van der Waals surface area contributed by atoms with Gasteiger partial charge in [-0.2, -0.15) is 0 Å². The minimum atomic E-state index is -1.25. The Labute approximate surface area is 69.7 Å². The molecule has 0 aliphatic carbocycles. The number of nitrogens with zero attached hydrogens (tertiary/aromatic N) is 3. The molecule has 1 rings (SSSR count). The van der Waals surface area contributed by atoms with Crippen LogP contribution in [0.4, 0.5) is 0 Å². The molecule has 0 bridgehead atoms. The maximum Gasteiger partial charge on any atom is 0.294 e. The van der Waals surface area contributed by atoms with Gasteiger partial charge in [0, 0.05) is 11.3 Å². The van der Waals surface area contributed by atoms with E-state index in [0.717, 1.165) is 0 Å². The third-order valence-corrected chi connectivity index (χ3v) is 1.60. The topological polar surface area (TPSA) is 67.9 Å². The van der Waals surface area contributed by atoms with Gasteiger partial charge in [0.1, 0.15) is 6.67 Å². The lowest BCUT2D eigenvalue weighted by Crippen LogP contribution is -2.42. The highest BCUT2D eigenvalue weighted by Crippen LogP contribution is 2.13. The van der Waals surface area contributed by atoms with E-state index in [9.17, 15) is 10.1 Å². The van der Waals surface area contributed by atoms with Crippen molar-refractivity contribution in [3.63, 3.8) is 0 Å². The van der Waals surface area contributed by atoms with Crippen molar-refractivity contribution in [2.24, 2.45) is 9.98 Å². The second-order valence-electron chi connectivity index (χ2n) is 2.51. The summed E-state index contributed by atoms with van der Waals surface area (Å²) in [5.74, 6) is 0. The molecule has 0 radical (unpaired) electrons. The summed E-state index contributed by atoms with van der Waals surface area (Å²) in [6.07, 6.45) is 4.36. The molecule has 0 aromatic carbocycles. The molecule has 1 heterocycles. The first kappa shape index (κ1) is 8.58. The number of aliphatic imine (C=N–C) groups is 2. The minimum Gasteiger partial charge on any atom is -0.266 e. The van der Waals surface area contributed by atoms with Gasteiger partial charge in [-0.1, -0.05) is 6.08 Å². The summed E-state index contributed by atoms with van der Waals surface area (Å²) < 4.78 is 0.